The van der Waals surface area contributed by atoms with E-state index in [-0.39, 0.29) is 0 Å². The number of nitrogens with zero attached hydrogens (tertiary/aromatic N) is 4. The van der Waals surface area contributed by atoms with E-state index in [4.69, 9.17) is 5.73 Å². The highest BCUT2D eigenvalue weighted by Gasteiger charge is 2.24. The van der Waals surface area contributed by atoms with Crippen molar-refractivity contribution >= 4 is 5.82 Å². The van der Waals surface area contributed by atoms with Crippen molar-refractivity contribution in [3.05, 3.63) is 35.8 Å². The normalized spacial score (nSPS) is 15.6. The van der Waals surface area contributed by atoms with Crippen molar-refractivity contribution < 1.29 is 0 Å². The van der Waals surface area contributed by atoms with E-state index in [2.05, 4.69) is 28.8 Å². The second-order valence-corrected chi connectivity index (χ2v) is 5.81. The molecule has 2 aromatic heterocycles. The van der Waals surface area contributed by atoms with E-state index in [0.29, 0.717) is 5.92 Å². The first-order valence-electron chi connectivity index (χ1n) is 7.14. The van der Waals surface area contributed by atoms with Gasteiger partial charge in [-0.05, 0) is 18.1 Å². The number of anilines is 1. The topological polar surface area (TPSA) is 60.0 Å². The Morgan fingerprint density at radius 1 is 1.30 bits per heavy atom. The molecule has 0 fully saturated rings. The zero-order valence-corrected chi connectivity index (χ0v) is 12.1. The molecule has 0 amide bonds. The summed E-state index contributed by atoms with van der Waals surface area (Å²) in [5.74, 6) is 1.44. The minimum Gasteiger partial charge on any atom is -0.383 e. The van der Waals surface area contributed by atoms with Gasteiger partial charge in [-0.2, -0.15) is 5.10 Å². The van der Waals surface area contributed by atoms with E-state index in [9.17, 15) is 0 Å². The molecule has 0 spiro atoms. The molecule has 0 bridgehead atoms. The van der Waals surface area contributed by atoms with Gasteiger partial charge < -0.3 is 5.73 Å². The van der Waals surface area contributed by atoms with E-state index < -0.39 is 0 Å². The molecule has 20 heavy (non-hydrogen) atoms. The number of pyridine rings is 1. The number of rotatable bonds is 3. The SMILES string of the molecule is CC(C)CN1CCc2nn(-c3ccncc3)c(N)c2C1. The summed E-state index contributed by atoms with van der Waals surface area (Å²) in [5.41, 5.74) is 9.60. The molecule has 1 aliphatic rings. The molecular weight excluding hydrogens is 250 g/mol. The first-order chi connectivity index (χ1) is 9.65. The molecule has 2 aromatic rings. The fourth-order valence-corrected chi connectivity index (χ4v) is 2.80. The third-order valence-electron chi connectivity index (χ3n) is 3.68. The summed E-state index contributed by atoms with van der Waals surface area (Å²) < 4.78 is 1.84. The van der Waals surface area contributed by atoms with Crippen LogP contribution in [0.15, 0.2) is 24.5 Å². The third-order valence-corrected chi connectivity index (χ3v) is 3.68. The second-order valence-electron chi connectivity index (χ2n) is 5.81. The summed E-state index contributed by atoms with van der Waals surface area (Å²) in [5, 5.41) is 4.67. The molecule has 1 aliphatic heterocycles. The Morgan fingerprint density at radius 2 is 2.05 bits per heavy atom. The van der Waals surface area contributed by atoms with Gasteiger partial charge >= 0.3 is 0 Å². The van der Waals surface area contributed by atoms with Crippen molar-refractivity contribution in [2.45, 2.75) is 26.8 Å². The van der Waals surface area contributed by atoms with Crippen LogP contribution in [0.4, 0.5) is 5.82 Å². The van der Waals surface area contributed by atoms with Gasteiger partial charge in [-0.1, -0.05) is 13.8 Å². The zero-order valence-electron chi connectivity index (χ0n) is 12.1. The van der Waals surface area contributed by atoms with Gasteiger partial charge in [-0.3, -0.25) is 9.88 Å². The van der Waals surface area contributed by atoms with Crippen molar-refractivity contribution in [1.29, 1.82) is 0 Å². The average Bonchev–Trinajstić information content (AvgIpc) is 2.76. The highest BCUT2D eigenvalue weighted by molar-refractivity contribution is 5.50. The van der Waals surface area contributed by atoms with Crippen molar-refractivity contribution in [3.63, 3.8) is 0 Å². The Kier molecular flexibility index (Phi) is 3.44. The molecule has 0 radical (unpaired) electrons. The molecule has 0 saturated carbocycles. The highest BCUT2D eigenvalue weighted by Crippen LogP contribution is 2.26. The summed E-state index contributed by atoms with van der Waals surface area (Å²) >= 11 is 0. The Bertz CT molecular complexity index is 588. The molecular formula is C15H21N5. The summed E-state index contributed by atoms with van der Waals surface area (Å²) in [6.07, 6.45) is 4.51. The van der Waals surface area contributed by atoms with Crippen LogP contribution >= 0.6 is 0 Å². The van der Waals surface area contributed by atoms with Crippen LogP contribution in [0.25, 0.3) is 5.69 Å². The van der Waals surface area contributed by atoms with Crippen molar-refractivity contribution in [1.82, 2.24) is 19.7 Å². The maximum Gasteiger partial charge on any atom is 0.132 e. The van der Waals surface area contributed by atoms with Gasteiger partial charge in [0.1, 0.15) is 5.82 Å². The highest BCUT2D eigenvalue weighted by atomic mass is 15.3. The van der Waals surface area contributed by atoms with E-state index in [1.165, 1.54) is 5.56 Å². The van der Waals surface area contributed by atoms with Crippen LogP contribution < -0.4 is 5.73 Å². The lowest BCUT2D eigenvalue weighted by molar-refractivity contribution is 0.226. The van der Waals surface area contributed by atoms with E-state index in [1.54, 1.807) is 12.4 Å². The molecule has 0 aliphatic carbocycles. The molecule has 106 valence electrons. The Labute approximate surface area is 119 Å². The Hall–Kier alpha value is -1.88. The number of aromatic nitrogens is 3. The monoisotopic (exact) mass is 271 g/mol. The van der Waals surface area contributed by atoms with Gasteiger partial charge in [0.25, 0.3) is 0 Å². The fraction of sp³-hybridized carbons (Fsp3) is 0.467. The first-order valence-corrected chi connectivity index (χ1v) is 7.14. The molecule has 0 saturated heterocycles. The lowest BCUT2D eigenvalue weighted by Crippen LogP contribution is -2.33. The molecule has 5 heteroatoms. The van der Waals surface area contributed by atoms with Crippen molar-refractivity contribution in [3.8, 4) is 5.69 Å². The van der Waals surface area contributed by atoms with Crippen LogP contribution in [0.3, 0.4) is 0 Å². The minimum atomic E-state index is 0.674. The molecule has 5 nitrogen and oxygen atoms in total. The van der Waals surface area contributed by atoms with Crippen LogP contribution in [0, 0.1) is 5.92 Å². The average molecular weight is 271 g/mol. The van der Waals surface area contributed by atoms with Crippen molar-refractivity contribution in [2.75, 3.05) is 18.8 Å². The van der Waals surface area contributed by atoms with Crippen molar-refractivity contribution in [2.24, 2.45) is 5.92 Å². The Balaban J connectivity index is 1.90. The lowest BCUT2D eigenvalue weighted by Gasteiger charge is -2.27. The number of nitrogen functional groups attached to an aromatic ring is 1. The van der Waals surface area contributed by atoms with Crippen LogP contribution in [-0.2, 0) is 13.0 Å². The molecule has 2 N–H and O–H groups in total. The number of fused-ring (bicyclic) bond motifs is 1. The van der Waals surface area contributed by atoms with Gasteiger partial charge in [0.2, 0.25) is 0 Å². The van der Waals surface area contributed by atoms with Crippen LogP contribution in [0.2, 0.25) is 0 Å². The van der Waals surface area contributed by atoms with Gasteiger partial charge in [0, 0.05) is 44.0 Å². The molecule has 0 aromatic carbocycles. The smallest absolute Gasteiger partial charge is 0.132 e. The summed E-state index contributed by atoms with van der Waals surface area (Å²) in [6, 6.07) is 3.86. The molecule has 0 unspecified atom stereocenters. The maximum absolute atomic E-state index is 6.30. The third kappa shape index (κ3) is 2.41. The van der Waals surface area contributed by atoms with Crippen LogP contribution in [-0.4, -0.2) is 32.8 Å². The van der Waals surface area contributed by atoms with Gasteiger partial charge in [-0.15, -0.1) is 0 Å². The largest absolute Gasteiger partial charge is 0.383 e. The Morgan fingerprint density at radius 3 is 2.75 bits per heavy atom. The van der Waals surface area contributed by atoms with Crippen LogP contribution in [0.1, 0.15) is 25.1 Å². The van der Waals surface area contributed by atoms with E-state index in [1.807, 2.05) is 16.8 Å². The van der Waals surface area contributed by atoms with Gasteiger partial charge in [0.15, 0.2) is 0 Å². The predicted molar refractivity (Wildman–Crippen MR) is 79.6 cm³/mol. The first kappa shape index (κ1) is 13.1. The number of nitrogens with two attached hydrogens (primary N) is 1. The predicted octanol–water partition coefficient (Wildman–Crippen LogP) is 1.86. The second kappa shape index (κ2) is 5.25. The summed E-state index contributed by atoms with van der Waals surface area (Å²) in [6.45, 7) is 7.58. The standard InChI is InChI=1S/C15H21N5/c1-11(2)9-19-8-5-14-13(10-19)15(16)20(18-14)12-3-6-17-7-4-12/h3-4,6-7,11H,5,8-10,16H2,1-2H3. The van der Waals surface area contributed by atoms with Gasteiger partial charge in [-0.25, -0.2) is 4.68 Å². The number of hydrogen-bond donors (Lipinski definition) is 1. The zero-order chi connectivity index (χ0) is 14.1. The van der Waals surface area contributed by atoms with E-state index >= 15 is 0 Å². The molecule has 3 rings (SSSR count). The molecule has 0 atom stereocenters. The number of hydrogen-bond acceptors (Lipinski definition) is 4. The van der Waals surface area contributed by atoms with Gasteiger partial charge in [0.05, 0.1) is 11.4 Å². The quantitative estimate of drug-likeness (QED) is 0.925. The summed E-state index contributed by atoms with van der Waals surface area (Å²) in [7, 11) is 0. The lowest BCUT2D eigenvalue weighted by atomic mass is 10.1. The van der Waals surface area contributed by atoms with Crippen LogP contribution in [0.5, 0.6) is 0 Å². The van der Waals surface area contributed by atoms with E-state index in [0.717, 1.165) is 43.3 Å². The minimum absolute atomic E-state index is 0.674. The molecule has 3 heterocycles. The maximum atomic E-state index is 6.30. The summed E-state index contributed by atoms with van der Waals surface area (Å²) in [4.78, 5) is 6.50. The fourth-order valence-electron chi connectivity index (χ4n) is 2.80.